The highest BCUT2D eigenvalue weighted by Crippen LogP contribution is 2.30. The maximum absolute atomic E-state index is 15.4. The molecule has 1 unspecified atom stereocenters. The Morgan fingerprint density at radius 3 is 0.918 bits per heavy atom. The van der Waals surface area contributed by atoms with Crippen molar-refractivity contribution in [2.24, 2.45) is 0 Å². The molecule has 0 saturated heterocycles. The van der Waals surface area contributed by atoms with Crippen molar-refractivity contribution in [3.8, 4) is 0 Å². The van der Waals surface area contributed by atoms with Gasteiger partial charge in [0.1, 0.15) is 52.7 Å². The summed E-state index contributed by atoms with van der Waals surface area (Å²) in [4.78, 5) is 0.883. The second kappa shape index (κ2) is 17.2. The van der Waals surface area contributed by atoms with Crippen molar-refractivity contribution in [1.29, 1.82) is 0 Å². The van der Waals surface area contributed by atoms with E-state index in [0.29, 0.717) is 0 Å². The number of pyridine rings is 1. The number of hydrogen-bond donors (Lipinski definition) is 0. The van der Waals surface area contributed by atoms with Gasteiger partial charge in [0, 0.05) is 39.6 Å². The molecule has 61 heavy (non-hydrogen) atoms. The highest BCUT2D eigenvalue weighted by Gasteiger charge is 2.52. The van der Waals surface area contributed by atoms with Gasteiger partial charge < -0.3 is 0 Å². The molecule has 0 bridgehead atoms. The standard InChI is InChI=1S/C24BF20.C13H14NOS/c26-5-1(6(27)14(35)21(42)13(5)34)25(2-7(28)15(36)22(43)16(37)8(2)29,3-9(30)17(38)23(44)18(39)10(3)31)4-11(32)19(40)24(45)20(41)12(4)33;1-16(15)13-7-5-6-12(10-13)11-14-8-3-2-4-9-14/h;2-10H,11H2,1H3/q-1;+1. The molecule has 0 aliphatic heterocycles. The number of rotatable bonds is 7. The summed E-state index contributed by atoms with van der Waals surface area (Å²) >= 11 is 0. The highest BCUT2D eigenvalue weighted by molar-refractivity contribution is 7.84. The molecule has 1 aromatic heterocycles. The molecule has 0 amide bonds. The smallest absolute Gasteiger partial charge is 0.200 e. The third-order valence-corrected chi connectivity index (χ3v) is 10.00. The van der Waals surface area contributed by atoms with E-state index in [9.17, 15) is 56.9 Å². The van der Waals surface area contributed by atoms with Crippen molar-refractivity contribution in [2.75, 3.05) is 6.26 Å². The summed E-state index contributed by atoms with van der Waals surface area (Å²) in [6.07, 6.45) is -1.47. The molecular weight excluding hydrogens is 897 g/mol. The minimum atomic E-state index is -7.22. The van der Waals surface area contributed by atoms with Crippen molar-refractivity contribution in [1.82, 2.24) is 0 Å². The molecule has 6 rings (SSSR count). The lowest BCUT2D eigenvalue weighted by Gasteiger charge is -2.44. The molecule has 0 saturated carbocycles. The van der Waals surface area contributed by atoms with E-state index in [0.717, 1.165) is 11.4 Å². The quantitative estimate of drug-likeness (QED) is 0.0532. The Morgan fingerprint density at radius 2 is 0.656 bits per heavy atom. The molecule has 0 aliphatic carbocycles. The molecular formula is C37H14BF20NOS. The van der Waals surface area contributed by atoms with Crippen molar-refractivity contribution in [3.63, 3.8) is 0 Å². The fraction of sp³-hybridized carbons (Fsp3) is 0.0541. The van der Waals surface area contributed by atoms with Crippen LogP contribution in [0.25, 0.3) is 0 Å². The molecule has 1 heterocycles. The van der Waals surface area contributed by atoms with Gasteiger partial charge in [0.25, 0.3) is 0 Å². The van der Waals surface area contributed by atoms with Gasteiger partial charge in [0.05, 0.1) is 0 Å². The maximum Gasteiger partial charge on any atom is 0.200 e. The predicted octanol–water partition coefficient (Wildman–Crippen LogP) is 7.61. The zero-order chi connectivity index (χ0) is 45.7. The van der Waals surface area contributed by atoms with Crippen molar-refractivity contribution in [3.05, 3.63) is 177 Å². The zero-order valence-corrected chi connectivity index (χ0v) is 30.1. The van der Waals surface area contributed by atoms with Crippen LogP contribution in [0.3, 0.4) is 0 Å². The third kappa shape index (κ3) is 7.47. The number of halogens is 20. The molecule has 0 fully saturated rings. The summed E-state index contributed by atoms with van der Waals surface area (Å²) in [6, 6.07) is 13.9. The van der Waals surface area contributed by atoms with Crippen LogP contribution in [0.4, 0.5) is 87.8 Å². The lowest BCUT2D eigenvalue weighted by atomic mass is 9.12. The first-order valence-electron chi connectivity index (χ1n) is 16.1. The Bertz CT molecular complexity index is 2390. The van der Waals surface area contributed by atoms with Crippen LogP contribution in [0, 0.1) is 116 Å². The van der Waals surface area contributed by atoms with E-state index in [-0.39, 0.29) is 0 Å². The third-order valence-electron chi connectivity index (χ3n) is 9.08. The summed E-state index contributed by atoms with van der Waals surface area (Å²) in [7, 11) is -0.906. The van der Waals surface area contributed by atoms with Crippen molar-refractivity contribution in [2.45, 2.75) is 11.4 Å². The van der Waals surface area contributed by atoms with Gasteiger partial charge in [-0.25, -0.2) is 92.4 Å². The predicted molar refractivity (Wildman–Crippen MR) is 174 cm³/mol. The van der Waals surface area contributed by atoms with E-state index in [1.165, 1.54) is 5.56 Å². The molecule has 0 aliphatic rings. The average Bonchev–Trinajstić information content (AvgIpc) is 3.24. The summed E-state index contributed by atoms with van der Waals surface area (Å²) in [5.74, 6) is -71.4. The molecule has 322 valence electrons. The van der Waals surface area contributed by atoms with E-state index in [1.54, 1.807) is 6.26 Å². The molecule has 1 atom stereocenters. The first kappa shape index (κ1) is 46.1. The Balaban J connectivity index is 0.000000366. The molecule has 0 radical (unpaired) electrons. The Hall–Kier alpha value is -5.94. The maximum atomic E-state index is 15.4. The topological polar surface area (TPSA) is 20.9 Å². The molecule has 6 aromatic rings. The summed E-state index contributed by atoms with van der Waals surface area (Å²) < 4.78 is 307. The van der Waals surface area contributed by atoms with Crippen LogP contribution in [0.2, 0.25) is 0 Å². The zero-order valence-electron chi connectivity index (χ0n) is 29.3. The number of benzene rings is 5. The van der Waals surface area contributed by atoms with Gasteiger partial charge in [-0.1, -0.05) is 18.2 Å². The fourth-order valence-electron chi connectivity index (χ4n) is 6.45. The van der Waals surface area contributed by atoms with Gasteiger partial charge in [-0.05, 0) is 12.1 Å². The number of nitrogens with zero attached hydrogens (tertiary/aromatic N) is 1. The molecule has 5 aromatic carbocycles. The molecule has 0 spiro atoms. The minimum Gasteiger partial charge on any atom is -0.255 e. The summed E-state index contributed by atoms with van der Waals surface area (Å²) in [6.45, 7) is 0.811. The van der Waals surface area contributed by atoms with Crippen LogP contribution in [-0.4, -0.2) is 16.6 Å². The van der Waals surface area contributed by atoms with E-state index in [4.69, 9.17) is 0 Å². The van der Waals surface area contributed by atoms with Crippen molar-refractivity contribution < 1.29 is 96.6 Å². The average molecular weight is 911 g/mol. The highest BCUT2D eigenvalue weighted by atomic mass is 32.2. The Labute approximate surface area is 329 Å². The SMILES string of the molecule is CS(=O)c1cccc(C[n+]2ccccc2)c1.Fc1c(F)c(F)c([B-](c2c(F)c(F)c(F)c(F)c2F)(c2c(F)c(F)c(F)c(F)c2F)c2c(F)c(F)c(F)c(F)c2F)c(F)c1F. The largest absolute Gasteiger partial charge is 0.255 e. The summed E-state index contributed by atoms with van der Waals surface area (Å²) in [5.41, 5.74) is -13.2. The lowest BCUT2D eigenvalue weighted by Crippen LogP contribution is -2.81. The Morgan fingerprint density at radius 1 is 0.393 bits per heavy atom. The monoisotopic (exact) mass is 911 g/mol. The lowest BCUT2D eigenvalue weighted by molar-refractivity contribution is -0.688. The van der Waals surface area contributed by atoms with Crippen LogP contribution in [0.5, 0.6) is 0 Å². The van der Waals surface area contributed by atoms with Gasteiger partial charge >= 0.3 is 0 Å². The van der Waals surface area contributed by atoms with Crippen LogP contribution in [0.1, 0.15) is 5.56 Å². The van der Waals surface area contributed by atoms with Gasteiger partial charge in [-0.15, -0.1) is 21.9 Å². The molecule has 0 N–H and O–H groups in total. The first-order valence-corrected chi connectivity index (χ1v) is 17.6. The second-order valence-corrected chi connectivity index (χ2v) is 13.8. The van der Waals surface area contributed by atoms with Crippen LogP contribution >= 0.6 is 0 Å². The molecule has 24 heteroatoms. The second-order valence-electron chi connectivity index (χ2n) is 12.4. The van der Waals surface area contributed by atoms with Crippen LogP contribution in [0.15, 0.2) is 59.8 Å². The van der Waals surface area contributed by atoms with Gasteiger partial charge in [-0.2, -0.15) is 0 Å². The Kier molecular flexibility index (Phi) is 13.0. The van der Waals surface area contributed by atoms with E-state index in [2.05, 4.69) is 10.6 Å². The van der Waals surface area contributed by atoms with Gasteiger partial charge in [0.2, 0.25) is 0 Å². The van der Waals surface area contributed by atoms with Gasteiger partial charge in [0.15, 0.2) is 88.7 Å². The number of hydrogen-bond acceptors (Lipinski definition) is 1. The van der Waals surface area contributed by atoms with E-state index in [1.807, 2.05) is 48.8 Å². The first-order chi connectivity index (χ1) is 28.5. The van der Waals surface area contributed by atoms with Crippen molar-refractivity contribution >= 4 is 38.8 Å². The molecule has 2 nitrogen and oxygen atoms in total. The van der Waals surface area contributed by atoms with Crippen LogP contribution < -0.4 is 26.4 Å². The normalized spacial score (nSPS) is 12.1. The van der Waals surface area contributed by atoms with Gasteiger partial charge in [-0.3, -0.25) is 4.21 Å². The van der Waals surface area contributed by atoms with Crippen LogP contribution in [-0.2, 0) is 17.3 Å². The fourth-order valence-corrected chi connectivity index (χ4v) is 7.03. The summed E-state index contributed by atoms with van der Waals surface area (Å²) in [5, 5.41) is 0. The van der Waals surface area contributed by atoms with E-state index < -0.39 is 155 Å². The number of aromatic nitrogens is 1. The minimum absolute atomic E-state index is 0.811. The van der Waals surface area contributed by atoms with E-state index >= 15 is 35.1 Å².